The fraction of sp³-hybridized carbons (Fsp3) is 0.615. The van der Waals surface area contributed by atoms with Crippen LogP contribution >= 0.6 is 11.3 Å². The van der Waals surface area contributed by atoms with Crippen molar-refractivity contribution < 1.29 is 4.52 Å². The Kier molecular flexibility index (Phi) is 3.36. The Morgan fingerprint density at radius 3 is 2.89 bits per heavy atom. The van der Waals surface area contributed by atoms with Crippen LogP contribution in [0.25, 0.3) is 11.5 Å². The molecule has 1 aliphatic rings. The van der Waals surface area contributed by atoms with Crippen molar-refractivity contribution >= 4 is 11.3 Å². The van der Waals surface area contributed by atoms with Gasteiger partial charge >= 0.3 is 0 Å². The minimum atomic E-state index is -0.131. The first-order valence-corrected chi connectivity index (χ1v) is 7.60. The third kappa shape index (κ3) is 2.30. The van der Waals surface area contributed by atoms with Crippen LogP contribution in [0.1, 0.15) is 38.5 Å². The lowest BCUT2D eigenvalue weighted by Gasteiger charge is -2.35. The van der Waals surface area contributed by atoms with Crippen LogP contribution in [-0.4, -0.2) is 21.7 Å². The highest BCUT2D eigenvalue weighted by molar-refractivity contribution is 7.07. The zero-order chi connectivity index (χ0) is 13.3. The van der Waals surface area contributed by atoms with Gasteiger partial charge in [0.25, 0.3) is 0 Å². The number of aromatic nitrogens is 3. The number of hydrogen-bond acceptors (Lipinski definition) is 6. The lowest BCUT2D eigenvalue weighted by atomic mass is 9.71. The zero-order valence-electron chi connectivity index (χ0n) is 11.0. The van der Waals surface area contributed by atoms with Crippen LogP contribution in [0.5, 0.6) is 0 Å². The van der Waals surface area contributed by atoms with Crippen LogP contribution in [0.15, 0.2) is 15.4 Å². The first-order valence-electron chi connectivity index (χ1n) is 6.66. The summed E-state index contributed by atoms with van der Waals surface area (Å²) in [5, 5.41) is 5.97. The standard InChI is InChI=1S/C13H18N4OS/c1-9-2-4-13(7-14,5-3-9)12-16-11(17-18-12)10-6-19-8-15-10/h6,8-9H,2-5,7,14H2,1H3. The second kappa shape index (κ2) is 5.02. The number of thiazole rings is 1. The molecule has 102 valence electrons. The highest BCUT2D eigenvalue weighted by Gasteiger charge is 2.39. The van der Waals surface area contributed by atoms with E-state index in [4.69, 9.17) is 10.3 Å². The van der Waals surface area contributed by atoms with Gasteiger partial charge in [0.05, 0.1) is 10.9 Å². The van der Waals surface area contributed by atoms with Gasteiger partial charge in [0, 0.05) is 11.9 Å². The summed E-state index contributed by atoms with van der Waals surface area (Å²) in [6, 6.07) is 0. The van der Waals surface area contributed by atoms with Gasteiger partial charge in [-0.1, -0.05) is 12.1 Å². The molecule has 1 fully saturated rings. The second-order valence-electron chi connectivity index (χ2n) is 5.46. The molecule has 5 nitrogen and oxygen atoms in total. The predicted octanol–water partition coefficient (Wildman–Crippen LogP) is 2.60. The van der Waals surface area contributed by atoms with Gasteiger partial charge in [0.15, 0.2) is 0 Å². The molecule has 0 aromatic carbocycles. The molecule has 2 heterocycles. The summed E-state index contributed by atoms with van der Waals surface area (Å²) in [4.78, 5) is 8.74. The average Bonchev–Trinajstić information content (AvgIpc) is 3.11. The van der Waals surface area contributed by atoms with Gasteiger partial charge in [-0.05, 0) is 31.6 Å². The Hall–Kier alpha value is -1.27. The van der Waals surface area contributed by atoms with Crippen molar-refractivity contribution in [3.63, 3.8) is 0 Å². The van der Waals surface area contributed by atoms with E-state index in [9.17, 15) is 0 Å². The van der Waals surface area contributed by atoms with Gasteiger partial charge in [-0.3, -0.25) is 0 Å². The highest BCUT2D eigenvalue weighted by Crippen LogP contribution is 2.40. The smallest absolute Gasteiger partial charge is 0.234 e. The van der Waals surface area contributed by atoms with E-state index in [1.54, 1.807) is 5.51 Å². The first-order chi connectivity index (χ1) is 9.23. The summed E-state index contributed by atoms with van der Waals surface area (Å²) in [5.74, 6) is 2.02. The number of hydrogen-bond donors (Lipinski definition) is 1. The summed E-state index contributed by atoms with van der Waals surface area (Å²) >= 11 is 1.53. The van der Waals surface area contributed by atoms with Gasteiger partial charge in [0.2, 0.25) is 11.7 Å². The van der Waals surface area contributed by atoms with Gasteiger partial charge < -0.3 is 10.3 Å². The Balaban J connectivity index is 1.88. The molecule has 0 radical (unpaired) electrons. The van der Waals surface area contributed by atoms with E-state index >= 15 is 0 Å². The van der Waals surface area contributed by atoms with Crippen molar-refractivity contribution in [3.8, 4) is 11.5 Å². The molecular formula is C13H18N4OS. The number of rotatable bonds is 3. The largest absolute Gasteiger partial charge is 0.338 e. The molecular weight excluding hydrogens is 260 g/mol. The molecule has 0 saturated heterocycles. The van der Waals surface area contributed by atoms with Crippen molar-refractivity contribution in [2.24, 2.45) is 11.7 Å². The number of nitrogens with zero attached hydrogens (tertiary/aromatic N) is 3. The Morgan fingerprint density at radius 1 is 1.47 bits per heavy atom. The maximum Gasteiger partial charge on any atom is 0.234 e. The van der Waals surface area contributed by atoms with E-state index in [1.165, 1.54) is 24.2 Å². The van der Waals surface area contributed by atoms with Crippen LogP contribution in [0.3, 0.4) is 0 Å². The van der Waals surface area contributed by atoms with Gasteiger partial charge in [0.1, 0.15) is 5.69 Å². The van der Waals surface area contributed by atoms with Crippen LogP contribution in [-0.2, 0) is 5.41 Å². The molecule has 3 rings (SSSR count). The van der Waals surface area contributed by atoms with Gasteiger partial charge in [-0.25, -0.2) is 4.98 Å². The minimum Gasteiger partial charge on any atom is -0.338 e. The Labute approximate surface area is 116 Å². The zero-order valence-corrected chi connectivity index (χ0v) is 11.8. The van der Waals surface area contributed by atoms with Crippen molar-refractivity contribution in [3.05, 3.63) is 16.8 Å². The fourth-order valence-corrected chi connectivity index (χ4v) is 3.22. The lowest BCUT2D eigenvalue weighted by Crippen LogP contribution is -2.39. The monoisotopic (exact) mass is 278 g/mol. The molecule has 2 N–H and O–H groups in total. The molecule has 6 heteroatoms. The molecule has 2 aromatic rings. The van der Waals surface area contributed by atoms with Crippen molar-refractivity contribution in [2.45, 2.75) is 38.0 Å². The van der Waals surface area contributed by atoms with E-state index in [2.05, 4.69) is 22.0 Å². The molecule has 0 bridgehead atoms. The summed E-state index contributed by atoms with van der Waals surface area (Å²) in [7, 11) is 0. The molecule has 0 amide bonds. The third-order valence-corrected chi connectivity index (χ3v) is 4.75. The highest BCUT2D eigenvalue weighted by atomic mass is 32.1. The summed E-state index contributed by atoms with van der Waals surface area (Å²) in [6.07, 6.45) is 4.41. The van der Waals surface area contributed by atoms with E-state index in [1.807, 2.05) is 5.38 Å². The molecule has 0 aliphatic heterocycles. The van der Waals surface area contributed by atoms with Gasteiger partial charge in [-0.15, -0.1) is 11.3 Å². The molecule has 1 aliphatic carbocycles. The molecule has 19 heavy (non-hydrogen) atoms. The molecule has 0 unspecified atom stereocenters. The molecule has 1 saturated carbocycles. The van der Waals surface area contributed by atoms with Crippen molar-refractivity contribution in [1.82, 2.24) is 15.1 Å². The van der Waals surface area contributed by atoms with E-state index < -0.39 is 0 Å². The van der Waals surface area contributed by atoms with Crippen LogP contribution in [0.4, 0.5) is 0 Å². The van der Waals surface area contributed by atoms with Crippen molar-refractivity contribution in [2.75, 3.05) is 6.54 Å². The normalized spacial score (nSPS) is 27.6. The van der Waals surface area contributed by atoms with Crippen LogP contribution in [0, 0.1) is 5.92 Å². The molecule has 0 spiro atoms. The maximum atomic E-state index is 6.00. The maximum absolute atomic E-state index is 6.00. The molecule has 0 atom stereocenters. The summed E-state index contributed by atoms with van der Waals surface area (Å²) in [6.45, 7) is 2.85. The van der Waals surface area contributed by atoms with Crippen LogP contribution in [0.2, 0.25) is 0 Å². The van der Waals surface area contributed by atoms with Crippen molar-refractivity contribution in [1.29, 1.82) is 0 Å². The second-order valence-corrected chi connectivity index (χ2v) is 6.18. The topological polar surface area (TPSA) is 77.8 Å². The lowest BCUT2D eigenvalue weighted by molar-refractivity contribution is 0.191. The fourth-order valence-electron chi connectivity index (χ4n) is 2.69. The van der Waals surface area contributed by atoms with E-state index in [-0.39, 0.29) is 5.41 Å². The minimum absolute atomic E-state index is 0.131. The average molecular weight is 278 g/mol. The molecule has 2 aromatic heterocycles. The van der Waals surface area contributed by atoms with E-state index in [0.717, 1.165) is 24.5 Å². The SMILES string of the molecule is CC1CCC(CN)(c2nc(-c3cscn3)no2)CC1. The first kappa shape index (κ1) is 12.7. The van der Waals surface area contributed by atoms with Crippen LogP contribution < -0.4 is 5.73 Å². The van der Waals surface area contributed by atoms with E-state index in [0.29, 0.717) is 18.3 Å². The Bertz CT molecular complexity index is 529. The quantitative estimate of drug-likeness (QED) is 0.933. The third-order valence-electron chi connectivity index (χ3n) is 4.16. The summed E-state index contributed by atoms with van der Waals surface area (Å²) in [5.41, 5.74) is 8.42. The number of nitrogens with two attached hydrogens (primary N) is 1. The predicted molar refractivity (Wildman–Crippen MR) is 73.8 cm³/mol. The Morgan fingerprint density at radius 2 is 2.26 bits per heavy atom. The summed E-state index contributed by atoms with van der Waals surface area (Å²) < 4.78 is 5.48. The van der Waals surface area contributed by atoms with Gasteiger partial charge in [-0.2, -0.15) is 4.98 Å².